The standard InChI is InChI=1S/C26H36N4O3S/c1-8-25(3,4)17-22-18-30(34(32,33)29(6)7)24(28-22)26(5,31)16-20-12-14-21(15-13-20)23-11-9-10-19(2)27-23/h9-15,18,31H,8,16-17H2,1-7H3. The summed E-state index contributed by atoms with van der Waals surface area (Å²) in [4.78, 5) is 9.19. The van der Waals surface area contributed by atoms with E-state index in [1.807, 2.05) is 49.4 Å². The fourth-order valence-corrected chi connectivity index (χ4v) is 4.86. The Morgan fingerprint density at radius 1 is 1.00 bits per heavy atom. The fourth-order valence-electron chi connectivity index (χ4n) is 3.79. The minimum Gasteiger partial charge on any atom is -0.382 e. The smallest absolute Gasteiger partial charge is 0.308 e. The molecule has 1 atom stereocenters. The first-order valence-electron chi connectivity index (χ1n) is 11.5. The monoisotopic (exact) mass is 484 g/mol. The first-order chi connectivity index (χ1) is 15.7. The normalized spacial score (nSPS) is 14.4. The van der Waals surface area contributed by atoms with Crippen LogP contribution in [-0.2, 0) is 28.7 Å². The zero-order valence-corrected chi connectivity index (χ0v) is 22.0. The Morgan fingerprint density at radius 3 is 2.21 bits per heavy atom. The molecule has 3 rings (SSSR count). The molecule has 184 valence electrons. The minimum absolute atomic E-state index is 0.0378. The van der Waals surface area contributed by atoms with E-state index in [0.29, 0.717) is 12.1 Å². The van der Waals surface area contributed by atoms with Crippen molar-refractivity contribution in [2.45, 2.75) is 59.5 Å². The van der Waals surface area contributed by atoms with Gasteiger partial charge in [0.2, 0.25) is 0 Å². The molecule has 34 heavy (non-hydrogen) atoms. The number of aryl methyl sites for hydroxylation is 1. The number of rotatable bonds is 9. The lowest BCUT2D eigenvalue weighted by Crippen LogP contribution is -2.35. The molecule has 0 aliphatic carbocycles. The van der Waals surface area contributed by atoms with Crippen LogP contribution in [0.25, 0.3) is 11.3 Å². The zero-order chi connectivity index (χ0) is 25.3. The van der Waals surface area contributed by atoms with E-state index in [9.17, 15) is 13.5 Å². The predicted octanol–water partition coefficient (Wildman–Crippen LogP) is 4.34. The van der Waals surface area contributed by atoms with E-state index in [1.165, 1.54) is 14.1 Å². The van der Waals surface area contributed by atoms with Gasteiger partial charge < -0.3 is 5.11 Å². The van der Waals surface area contributed by atoms with Gasteiger partial charge in [0.15, 0.2) is 5.82 Å². The number of aliphatic hydroxyl groups is 1. The average Bonchev–Trinajstić information content (AvgIpc) is 3.19. The Hall–Kier alpha value is -2.55. The van der Waals surface area contributed by atoms with Crippen LogP contribution in [0.15, 0.2) is 48.7 Å². The molecule has 0 aliphatic heterocycles. The minimum atomic E-state index is -3.85. The van der Waals surface area contributed by atoms with Crippen LogP contribution in [0.4, 0.5) is 0 Å². The Labute approximate surface area is 203 Å². The highest BCUT2D eigenvalue weighted by Gasteiger charge is 2.35. The van der Waals surface area contributed by atoms with Gasteiger partial charge in [0.25, 0.3) is 0 Å². The molecule has 0 aliphatic rings. The van der Waals surface area contributed by atoms with Crippen molar-refractivity contribution in [2.24, 2.45) is 5.41 Å². The third-order valence-corrected chi connectivity index (χ3v) is 7.92. The van der Waals surface area contributed by atoms with Gasteiger partial charge in [0.05, 0.1) is 11.4 Å². The van der Waals surface area contributed by atoms with Crippen LogP contribution in [0, 0.1) is 12.3 Å². The molecule has 0 bridgehead atoms. The van der Waals surface area contributed by atoms with E-state index >= 15 is 0 Å². The van der Waals surface area contributed by atoms with Crippen molar-refractivity contribution >= 4 is 10.2 Å². The molecule has 0 radical (unpaired) electrons. The summed E-state index contributed by atoms with van der Waals surface area (Å²) in [5.41, 5.74) is 2.79. The molecule has 0 saturated heterocycles. The molecule has 0 spiro atoms. The molecule has 2 aromatic heterocycles. The summed E-state index contributed by atoms with van der Waals surface area (Å²) in [6, 6.07) is 13.7. The van der Waals surface area contributed by atoms with E-state index in [2.05, 4.69) is 30.7 Å². The molecular weight excluding hydrogens is 448 g/mol. The van der Waals surface area contributed by atoms with Crippen LogP contribution in [0.2, 0.25) is 0 Å². The molecule has 8 heteroatoms. The summed E-state index contributed by atoms with van der Waals surface area (Å²) < 4.78 is 28.4. The van der Waals surface area contributed by atoms with Crippen LogP contribution in [-0.4, -0.2) is 45.9 Å². The van der Waals surface area contributed by atoms with Crippen LogP contribution >= 0.6 is 0 Å². The molecule has 1 unspecified atom stereocenters. The van der Waals surface area contributed by atoms with Crippen molar-refractivity contribution in [3.63, 3.8) is 0 Å². The van der Waals surface area contributed by atoms with Crippen LogP contribution < -0.4 is 0 Å². The van der Waals surface area contributed by atoms with Crippen LogP contribution in [0.3, 0.4) is 0 Å². The summed E-state index contributed by atoms with van der Waals surface area (Å²) in [5, 5.41) is 11.5. The molecule has 0 amide bonds. The van der Waals surface area contributed by atoms with Crippen molar-refractivity contribution in [1.82, 2.24) is 18.2 Å². The first-order valence-corrected chi connectivity index (χ1v) is 12.9. The van der Waals surface area contributed by atoms with Crippen molar-refractivity contribution in [3.8, 4) is 11.3 Å². The summed E-state index contributed by atoms with van der Waals surface area (Å²) in [6.07, 6.45) is 3.29. The maximum atomic E-state index is 13.1. The van der Waals surface area contributed by atoms with E-state index in [1.54, 1.807) is 13.1 Å². The fraction of sp³-hybridized carbons (Fsp3) is 0.462. The van der Waals surface area contributed by atoms with Crippen molar-refractivity contribution in [3.05, 3.63) is 71.4 Å². The number of aromatic nitrogens is 3. The Kier molecular flexibility index (Phi) is 7.36. The maximum absolute atomic E-state index is 13.1. The van der Waals surface area contributed by atoms with Crippen LogP contribution in [0.5, 0.6) is 0 Å². The number of nitrogens with zero attached hydrogens (tertiary/aromatic N) is 4. The Morgan fingerprint density at radius 2 is 1.65 bits per heavy atom. The lowest BCUT2D eigenvalue weighted by Gasteiger charge is -2.25. The van der Waals surface area contributed by atoms with Gasteiger partial charge in [-0.05, 0) is 43.4 Å². The summed E-state index contributed by atoms with van der Waals surface area (Å²) in [7, 11) is -0.905. The topological polar surface area (TPSA) is 88.3 Å². The van der Waals surface area contributed by atoms with Gasteiger partial charge in [-0.1, -0.05) is 57.5 Å². The SMILES string of the molecule is CCC(C)(C)Cc1cn(S(=O)(=O)N(C)C)c(C(C)(O)Cc2ccc(-c3cccc(C)n3)cc2)n1. The number of hydrogen-bond acceptors (Lipinski definition) is 5. The van der Waals surface area contributed by atoms with Gasteiger partial charge in [-0.15, -0.1) is 0 Å². The quantitative estimate of drug-likeness (QED) is 0.488. The van der Waals surface area contributed by atoms with Crippen molar-refractivity contribution in [2.75, 3.05) is 14.1 Å². The highest BCUT2D eigenvalue weighted by molar-refractivity contribution is 7.87. The van der Waals surface area contributed by atoms with Gasteiger partial charge in [0.1, 0.15) is 5.60 Å². The molecule has 7 nitrogen and oxygen atoms in total. The van der Waals surface area contributed by atoms with Gasteiger partial charge in [-0.2, -0.15) is 12.7 Å². The second-order valence-electron chi connectivity index (χ2n) is 10.1. The van der Waals surface area contributed by atoms with Gasteiger partial charge >= 0.3 is 10.2 Å². The van der Waals surface area contributed by atoms with E-state index in [0.717, 1.165) is 37.2 Å². The molecule has 0 saturated carbocycles. The van der Waals surface area contributed by atoms with Crippen molar-refractivity contribution in [1.29, 1.82) is 0 Å². The first kappa shape index (κ1) is 26.1. The molecule has 2 heterocycles. The highest BCUT2D eigenvalue weighted by Crippen LogP contribution is 2.31. The summed E-state index contributed by atoms with van der Waals surface area (Å²) in [6.45, 7) is 9.90. The van der Waals surface area contributed by atoms with Gasteiger partial charge in [-0.25, -0.2) is 8.96 Å². The highest BCUT2D eigenvalue weighted by atomic mass is 32.2. The number of pyridine rings is 1. The zero-order valence-electron chi connectivity index (χ0n) is 21.2. The summed E-state index contributed by atoms with van der Waals surface area (Å²) in [5.74, 6) is 0.118. The average molecular weight is 485 g/mol. The number of benzene rings is 1. The molecule has 0 fully saturated rings. The number of imidazole rings is 1. The predicted molar refractivity (Wildman–Crippen MR) is 136 cm³/mol. The second-order valence-corrected chi connectivity index (χ2v) is 12.2. The maximum Gasteiger partial charge on any atom is 0.308 e. The van der Waals surface area contributed by atoms with E-state index in [-0.39, 0.29) is 17.7 Å². The van der Waals surface area contributed by atoms with E-state index in [4.69, 9.17) is 0 Å². The molecule has 1 aromatic carbocycles. The van der Waals surface area contributed by atoms with Crippen molar-refractivity contribution < 1.29 is 13.5 Å². The van der Waals surface area contributed by atoms with Crippen LogP contribution in [0.1, 0.15) is 56.9 Å². The lowest BCUT2D eigenvalue weighted by atomic mass is 9.85. The van der Waals surface area contributed by atoms with Gasteiger partial charge in [-0.3, -0.25) is 4.98 Å². The number of hydrogen-bond donors (Lipinski definition) is 1. The summed E-state index contributed by atoms with van der Waals surface area (Å²) >= 11 is 0. The van der Waals surface area contributed by atoms with E-state index < -0.39 is 15.8 Å². The third kappa shape index (κ3) is 5.74. The second kappa shape index (κ2) is 9.60. The third-order valence-electron chi connectivity index (χ3n) is 6.22. The largest absolute Gasteiger partial charge is 0.382 e. The Bertz CT molecular complexity index is 1240. The Balaban J connectivity index is 1.96. The van der Waals surface area contributed by atoms with Gasteiger partial charge in [0, 0.05) is 38.0 Å². The molecular formula is C26H36N4O3S. The lowest BCUT2D eigenvalue weighted by molar-refractivity contribution is 0.0473. The molecule has 3 aromatic rings. The molecule has 1 N–H and O–H groups in total.